The summed E-state index contributed by atoms with van der Waals surface area (Å²) < 4.78 is 3.25. The molecular formula is C48H84O8Sn. The summed E-state index contributed by atoms with van der Waals surface area (Å²) in [6.07, 6.45) is 33.1. The third kappa shape index (κ3) is 41.8. The molecule has 0 aliphatic carbocycles. The van der Waals surface area contributed by atoms with E-state index in [9.17, 15) is 39.6 Å². The van der Waals surface area contributed by atoms with Crippen molar-refractivity contribution in [2.75, 3.05) is 0 Å². The predicted molar refractivity (Wildman–Crippen MR) is 231 cm³/mol. The number of benzene rings is 1. The van der Waals surface area contributed by atoms with Gasteiger partial charge in [-0.1, -0.05) is 155 Å². The van der Waals surface area contributed by atoms with Crippen LogP contribution in [0.1, 0.15) is 253 Å². The summed E-state index contributed by atoms with van der Waals surface area (Å²) in [6.45, 7) is 13.1. The minimum atomic E-state index is -1.47. The van der Waals surface area contributed by atoms with Crippen molar-refractivity contribution in [2.45, 2.75) is 243 Å². The summed E-state index contributed by atoms with van der Waals surface area (Å²) in [6, 6.07) is 3.03. The minimum absolute atomic E-state index is 0.149. The molecule has 0 bridgehead atoms. The second-order valence-corrected chi connectivity index (χ2v) is 19.5. The van der Waals surface area contributed by atoms with E-state index in [0.29, 0.717) is 12.0 Å². The number of aromatic carboxylic acids is 2. The Morgan fingerprint density at radius 1 is 0.421 bits per heavy atom. The van der Waals surface area contributed by atoms with Crippen molar-refractivity contribution in [3.8, 4) is 0 Å². The molecule has 0 unspecified atom stereocenters. The number of carbonyl (C=O) groups is 4. The average Bonchev–Trinajstić information content (AvgIpc) is 3.18. The molecule has 0 fully saturated rings. The predicted octanol–water partition coefficient (Wildman–Crippen LogP) is 9.54. The third-order valence-corrected chi connectivity index (χ3v) is 13.8. The Balaban J connectivity index is -0.000000708. The van der Waals surface area contributed by atoms with Crippen LogP contribution in [-0.2, 0) is 22.4 Å². The number of unbranched alkanes of at least 4 members (excludes halogenated alkanes) is 20. The molecule has 0 N–H and O–H groups in total. The molecule has 0 saturated heterocycles. The molecule has 8 nitrogen and oxygen atoms in total. The number of rotatable bonds is 34. The molecule has 6 radical (unpaired) electrons. The van der Waals surface area contributed by atoms with Gasteiger partial charge >= 0.3 is 69.5 Å². The van der Waals surface area contributed by atoms with Crippen LogP contribution in [0.15, 0.2) is 12.1 Å². The van der Waals surface area contributed by atoms with Crippen molar-refractivity contribution in [3.05, 3.63) is 34.4 Å². The van der Waals surface area contributed by atoms with Crippen LogP contribution < -0.4 is 20.4 Å². The van der Waals surface area contributed by atoms with E-state index in [1.807, 2.05) is 6.92 Å². The van der Waals surface area contributed by atoms with Crippen LogP contribution in [0.5, 0.6) is 0 Å². The van der Waals surface area contributed by atoms with Gasteiger partial charge in [-0.3, -0.25) is 0 Å². The molecule has 328 valence electrons. The number of carboxylic acid groups (broad SMARTS) is 4. The van der Waals surface area contributed by atoms with Crippen LogP contribution in [0.4, 0.5) is 0 Å². The van der Waals surface area contributed by atoms with Crippen LogP contribution in [-0.4, -0.2) is 45.0 Å². The Hall–Kier alpha value is -2.10. The van der Waals surface area contributed by atoms with E-state index < -0.39 is 23.9 Å². The number of aryl methyl sites for hydroxylation is 1. The zero-order chi connectivity index (χ0) is 43.4. The first-order valence-electron chi connectivity index (χ1n) is 23.2. The fraction of sp³-hybridized carbons (Fsp3) is 0.792. The number of aliphatic carboxylic acids is 2. The number of hydrogen-bond acceptors (Lipinski definition) is 8. The SMILES string of the molecule is CCCCCCCCCCCC(=O)[O-].CCCCCCCCCCCC(=O)[O-].CCCCc1ccc(C(=O)[O-])c(C(=O)[O-])c1CCCC.CCC[CH2][Sn+4][CH2]CCC. The topological polar surface area (TPSA) is 161 Å². The Bertz CT molecular complexity index is 1050. The molecule has 9 heteroatoms. The summed E-state index contributed by atoms with van der Waals surface area (Å²) in [4.78, 5) is 42.6. The van der Waals surface area contributed by atoms with Crippen molar-refractivity contribution in [1.82, 2.24) is 0 Å². The van der Waals surface area contributed by atoms with Gasteiger partial charge in [-0.2, -0.15) is 0 Å². The van der Waals surface area contributed by atoms with Crippen LogP contribution in [0.2, 0.25) is 8.87 Å². The van der Waals surface area contributed by atoms with Gasteiger partial charge in [-0.25, -0.2) is 0 Å². The van der Waals surface area contributed by atoms with Crippen molar-refractivity contribution < 1.29 is 39.6 Å². The molecule has 57 heavy (non-hydrogen) atoms. The molecule has 0 amide bonds. The summed E-state index contributed by atoms with van der Waals surface area (Å²) in [5, 5.41) is 42.6. The second kappa shape index (κ2) is 46.6. The molecule has 0 aromatic heterocycles. The Morgan fingerprint density at radius 3 is 1.11 bits per heavy atom. The molecular weight excluding hydrogens is 823 g/mol. The van der Waals surface area contributed by atoms with Crippen molar-refractivity contribution in [2.24, 2.45) is 0 Å². The third-order valence-electron chi connectivity index (χ3n) is 9.80. The van der Waals surface area contributed by atoms with E-state index in [1.54, 1.807) is 14.9 Å². The van der Waals surface area contributed by atoms with Crippen molar-refractivity contribution >= 4 is 45.0 Å². The molecule has 1 rings (SSSR count). The van der Waals surface area contributed by atoms with Crippen LogP contribution >= 0.6 is 0 Å². The maximum absolute atomic E-state index is 11.3. The average molecular weight is 908 g/mol. The van der Waals surface area contributed by atoms with E-state index in [0.717, 1.165) is 63.4 Å². The molecule has 1 aromatic rings. The first-order valence-corrected chi connectivity index (χ1v) is 27.2. The van der Waals surface area contributed by atoms with E-state index in [-0.39, 0.29) is 45.1 Å². The zero-order valence-corrected chi connectivity index (χ0v) is 40.4. The zero-order valence-electron chi connectivity index (χ0n) is 37.5. The molecule has 0 aliphatic heterocycles. The van der Waals surface area contributed by atoms with E-state index in [2.05, 4.69) is 34.6 Å². The first kappa shape index (κ1) is 59.2. The van der Waals surface area contributed by atoms with Gasteiger partial charge in [0.2, 0.25) is 0 Å². The van der Waals surface area contributed by atoms with E-state index in [1.165, 1.54) is 122 Å². The van der Waals surface area contributed by atoms with Gasteiger partial charge in [0.1, 0.15) is 0 Å². The van der Waals surface area contributed by atoms with Crippen LogP contribution in [0.25, 0.3) is 0 Å². The fourth-order valence-electron chi connectivity index (χ4n) is 6.22. The molecule has 0 saturated carbocycles. The van der Waals surface area contributed by atoms with Gasteiger partial charge in [-0.15, -0.1) is 0 Å². The van der Waals surface area contributed by atoms with Gasteiger partial charge in [0.15, 0.2) is 0 Å². The molecule has 0 heterocycles. The number of carbonyl (C=O) groups excluding carboxylic acids is 4. The van der Waals surface area contributed by atoms with Gasteiger partial charge in [-0.05, 0) is 62.5 Å². The fourth-order valence-corrected chi connectivity index (χ4v) is 10.4. The summed E-state index contributed by atoms with van der Waals surface area (Å²) in [7, 11) is 0. The van der Waals surface area contributed by atoms with Crippen LogP contribution in [0, 0.1) is 0 Å². The summed E-state index contributed by atoms with van der Waals surface area (Å²) >= 11 is 0.149. The number of hydrogen-bond donors (Lipinski definition) is 0. The maximum atomic E-state index is 11.3. The van der Waals surface area contributed by atoms with Crippen molar-refractivity contribution in [3.63, 3.8) is 0 Å². The Kier molecular flexibility index (Phi) is 48.4. The molecule has 0 aliphatic rings. The van der Waals surface area contributed by atoms with Gasteiger partial charge in [0.05, 0.1) is 11.9 Å². The van der Waals surface area contributed by atoms with Gasteiger partial charge in [0.25, 0.3) is 0 Å². The molecule has 0 spiro atoms. The Labute approximate surface area is 360 Å². The monoisotopic (exact) mass is 909 g/mol. The van der Waals surface area contributed by atoms with Gasteiger partial charge < -0.3 is 39.6 Å². The van der Waals surface area contributed by atoms with E-state index >= 15 is 0 Å². The van der Waals surface area contributed by atoms with Gasteiger partial charge in [0, 0.05) is 23.1 Å². The second-order valence-electron chi connectivity index (χ2n) is 15.3. The molecule has 0 atom stereocenters. The van der Waals surface area contributed by atoms with Crippen LogP contribution in [0.3, 0.4) is 0 Å². The van der Waals surface area contributed by atoms with Crippen molar-refractivity contribution in [1.29, 1.82) is 0 Å². The first-order chi connectivity index (χ1) is 27.5. The van der Waals surface area contributed by atoms with E-state index in [4.69, 9.17) is 0 Å². The summed E-state index contributed by atoms with van der Waals surface area (Å²) in [5.74, 6) is -4.72. The number of carboxylic acids is 4. The summed E-state index contributed by atoms with van der Waals surface area (Å²) in [5.41, 5.74) is 1.02. The normalized spacial score (nSPS) is 10.4. The quantitative estimate of drug-likeness (QED) is 0.0488. The molecule has 1 aromatic carbocycles. The standard InChI is InChI=1S/C16H22O4.2C12H24O2.2C4H9.Sn/c1-3-5-7-11-9-10-13(15(17)18)14(16(19)20)12(11)8-6-4-2;2*1-2-3-4-5-6-7-8-9-10-11-12(13)14;2*1-3-4-2;/h9-10H,3-8H2,1-2H3,(H,17,18)(H,19,20);2*2-11H2,1H3,(H,13,14);2*1,3-4H2,2H3;/q;;;;;+4/p-4. The Morgan fingerprint density at radius 2 is 0.772 bits per heavy atom.